The van der Waals surface area contributed by atoms with Crippen LogP contribution in [0.5, 0.6) is 0 Å². The maximum absolute atomic E-state index is 12.2. The van der Waals surface area contributed by atoms with Crippen LogP contribution in [0.1, 0.15) is 5.69 Å². The molecule has 1 aliphatic heterocycles. The Bertz CT molecular complexity index is 791. The monoisotopic (exact) mass is 246 g/mol. The third-order valence-electron chi connectivity index (χ3n) is 3.49. The second-order valence-corrected chi connectivity index (χ2v) is 4.59. The Morgan fingerprint density at radius 2 is 1.89 bits per heavy atom. The molecular formula is C12H14N4O2. The van der Waals surface area contributed by atoms with E-state index >= 15 is 0 Å². The zero-order chi connectivity index (χ0) is 13.0. The number of aromatic amines is 1. The molecule has 0 aliphatic carbocycles. The number of H-pyrrole nitrogens is 1. The Morgan fingerprint density at radius 1 is 1.17 bits per heavy atom. The smallest absolute Gasteiger partial charge is 0.328 e. The van der Waals surface area contributed by atoms with Crippen molar-refractivity contribution in [3.05, 3.63) is 32.6 Å². The highest BCUT2D eigenvalue weighted by molar-refractivity contribution is 5.96. The van der Waals surface area contributed by atoms with Crippen LogP contribution in [0.25, 0.3) is 17.1 Å². The van der Waals surface area contributed by atoms with Crippen LogP contribution in [0, 0.1) is 0 Å². The molecule has 0 saturated heterocycles. The number of rotatable bonds is 0. The molecule has 0 atom stereocenters. The zero-order valence-corrected chi connectivity index (χ0v) is 10.5. The Hall–Kier alpha value is -2.24. The standard InChI is InChI=1S/C12H14N4O2/c1-14-6-4-5-7-9(14)8-10(15(7)2)11(17)16(3)12(18)13-8/h4-5H,6H2,1-3H3,(H,13,18). The van der Waals surface area contributed by atoms with Crippen LogP contribution in [-0.4, -0.2) is 27.7 Å². The summed E-state index contributed by atoms with van der Waals surface area (Å²) in [5, 5.41) is 0. The molecule has 0 bridgehead atoms. The maximum Gasteiger partial charge on any atom is 0.328 e. The molecule has 94 valence electrons. The van der Waals surface area contributed by atoms with Crippen molar-refractivity contribution in [2.45, 2.75) is 0 Å². The quantitative estimate of drug-likeness (QED) is 0.713. The number of nitrogens with one attached hydrogen (secondary N) is 1. The third kappa shape index (κ3) is 1.17. The van der Waals surface area contributed by atoms with E-state index in [2.05, 4.69) is 4.98 Å². The fourth-order valence-corrected chi connectivity index (χ4v) is 2.49. The normalized spacial score (nSPS) is 14.3. The summed E-state index contributed by atoms with van der Waals surface area (Å²) in [6.45, 7) is 0.767. The largest absolute Gasteiger partial charge is 0.367 e. The summed E-state index contributed by atoms with van der Waals surface area (Å²) in [6, 6.07) is 0. The molecular weight excluding hydrogens is 232 g/mol. The minimum absolute atomic E-state index is 0.271. The van der Waals surface area contributed by atoms with Gasteiger partial charge in [0.25, 0.3) is 5.56 Å². The van der Waals surface area contributed by atoms with Crippen molar-refractivity contribution >= 4 is 22.8 Å². The number of likely N-dealkylation sites (N-methyl/N-ethyl adjacent to an activating group) is 1. The summed E-state index contributed by atoms with van der Waals surface area (Å²) >= 11 is 0. The van der Waals surface area contributed by atoms with Crippen LogP contribution < -0.4 is 16.1 Å². The highest BCUT2D eigenvalue weighted by Crippen LogP contribution is 2.32. The average molecular weight is 246 g/mol. The Kier molecular flexibility index (Phi) is 2.04. The second kappa shape index (κ2) is 3.38. The van der Waals surface area contributed by atoms with Crippen molar-refractivity contribution in [2.75, 3.05) is 18.5 Å². The van der Waals surface area contributed by atoms with E-state index in [1.807, 2.05) is 35.7 Å². The van der Waals surface area contributed by atoms with Gasteiger partial charge in [0, 0.05) is 27.7 Å². The van der Waals surface area contributed by atoms with E-state index in [0.29, 0.717) is 11.0 Å². The van der Waals surface area contributed by atoms with Gasteiger partial charge in [0.1, 0.15) is 5.52 Å². The van der Waals surface area contributed by atoms with Crippen LogP contribution in [0.15, 0.2) is 15.7 Å². The van der Waals surface area contributed by atoms with Gasteiger partial charge in [0.05, 0.1) is 16.9 Å². The van der Waals surface area contributed by atoms with Gasteiger partial charge < -0.3 is 14.5 Å². The van der Waals surface area contributed by atoms with Gasteiger partial charge in [-0.1, -0.05) is 6.08 Å². The maximum atomic E-state index is 12.2. The molecule has 3 rings (SSSR count). The first kappa shape index (κ1) is 10.9. The lowest BCUT2D eigenvalue weighted by molar-refractivity contribution is 0.783. The molecule has 1 N–H and O–H groups in total. The van der Waals surface area contributed by atoms with E-state index in [9.17, 15) is 9.59 Å². The summed E-state index contributed by atoms with van der Waals surface area (Å²) in [5.74, 6) is 0. The summed E-state index contributed by atoms with van der Waals surface area (Å²) in [5.41, 5.74) is 2.34. The molecule has 0 aromatic carbocycles. The number of fused-ring (bicyclic) bond motifs is 3. The summed E-state index contributed by atoms with van der Waals surface area (Å²) < 4.78 is 2.92. The highest BCUT2D eigenvalue weighted by atomic mass is 16.2. The lowest BCUT2D eigenvalue weighted by atomic mass is 10.2. The number of aromatic nitrogens is 3. The first-order chi connectivity index (χ1) is 8.52. The molecule has 0 unspecified atom stereocenters. The SMILES string of the molecule is CN1CC=Cc2c1c1[nH]c(=O)n(C)c(=O)c1n2C. The van der Waals surface area contributed by atoms with Crippen LogP contribution in [0.4, 0.5) is 5.69 Å². The van der Waals surface area contributed by atoms with Crippen molar-refractivity contribution in [3.63, 3.8) is 0 Å². The molecule has 1 aliphatic rings. The molecule has 6 heteroatoms. The highest BCUT2D eigenvalue weighted by Gasteiger charge is 2.22. The van der Waals surface area contributed by atoms with Gasteiger partial charge in [-0.05, 0) is 6.08 Å². The molecule has 18 heavy (non-hydrogen) atoms. The molecule has 0 fully saturated rings. The molecule has 6 nitrogen and oxygen atoms in total. The van der Waals surface area contributed by atoms with Gasteiger partial charge in [-0.2, -0.15) is 0 Å². The Labute approximate surface area is 103 Å². The molecule has 3 heterocycles. The number of hydrogen-bond donors (Lipinski definition) is 1. The van der Waals surface area contributed by atoms with Gasteiger partial charge in [0.15, 0.2) is 0 Å². The predicted molar refractivity (Wildman–Crippen MR) is 71.1 cm³/mol. The molecule has 0 saturated carbocycles. The van der Waals surface area contributed by atoms with Crippen LogP contribution in [0.3, 0.4) is 0 Å². The predicted octanol–water partition coefficient (Wildman–Crippen LogP) is 0.0283. The molecule has 0 amide bonds. The van der Waals surface area contributed by atoms with E-state index in [1.54, 1.807) is 0 Å². The van der Waals surface area contributed by atoms with Crippen molar-refractivity contribution < 1.29 is 0 Å². The van der Waals surface area contributed by atoms with E-state index < -0.39 is 0 Å². The topological polar surface area (TPSA) is 63.0 Å². The Balaban J connectivity index is 2.61. The van der Waals surface area contributed by atoms with Gasteiger partial charge in [-0.3, -0.25) is 9.36 Å². The zero-order valence-electron chi connectivity index (χ0n) is 10.5. The first-order valence-corrected chi connectivity index (χ1v) is 5.71. The van der Waals surface area contributed by atoms with Gasteiger partial charge in [-0.15, -0.1) is 0 Å². The lowest BCUT2D eigenvalue weighted by Crippen LogP contribution is -2.33. The van der Waals surface area contributed by atoms with Crippen LogP contribution >= 0.6 is 0 Å². The minimum Gasteiger partial charge on any atom is -0.367 e. The van der Waals surface area contributed by atoms with Crippen molar-refractivity contribution in [1.82, 2.24) is 14.1 Å². The number of nitrogens with zero attached hydrogens (tertiary/aromatic N) is 3. The van der Waals surface area contributed by atoms with E-state index in [1.165, 1.54) is 7.05 Å². The van der Waals surface area contributed by atoms with Crippen molar-refractivity contribution in [1.29, 1.82) is 0 Å². The second-order valence-electron chi connectivity index (χ2n) is 4.59. The molecule has 0 radical (unpaired) electrons. The number of aryl methyl sites for hydroxylation is 1. The van der Waals surface area contributed by atoms with Gasteiger partial charge in [0.2, 0.25) is 0 Å². The third-order valence-corrected chi connectivity index (χ3v) is 3.49. The number of hydrogen-bond acceptors (Lipinski definition) is 3. The van der Waals surface area contributed by atoms with Crippen LogP contribution in [0.2, 0.25) is 0 Å². The molecule has 0 spiro atoms. The van der Waals surface area contributed by atoms with Gasteiger partial charge >= 0.3 is 5.69 Å². The van der Waals surface area contributed by atoms with E-state index in [0.717, 1.165) is 22.5 Å². The van der Waals surface area contributed by atoms with Crippen LogP contribution in [-0.2, 0) is 14.1 Å². The number of anilines is 1. The van der Waals surface area contributed by atoms with E-state index in [4.69, 9.17) is 0 Å². The fourth-order valence-electron chi connectivity index (χ4n) is 2.49. The minimum atomic E-state index is -0.385. The molecule has 2 aromatic heterocycles. The molecule has 2 aromatic rings. The van der Waals surface area contributed by atoms with Crippen molar-refractivity contribution in [2.24, 2.45) is 14.1 Å². The first-order valence-electron chi connectivity index (χ1n) is 5.71. The lowest BCUT2D eigenvalue weighted by Gasteiger charge is -2.21. The fraction of sp³-hybridized carbons (Fsp3) is 0.333. The Morgan fingerprint density at radius 3 is 2.61 bits per heavy atom. The van der Waals surface area contributed by atoms with Gasteiger partial charge in [-0.25, -0.2) is 4.79 Å². The van der Waals surface area contributed by atoms with E-state index in [-0.39, 0.29) is 11.2 Å². The summed E-state index contributed by atoms with van der Waals surface area (Å²) in [7, 11) is 5.26. The van der Waals surface area contributed by atoms with Crippen molar-refractivity contribution in [3.8, 4) is 0 Å². The summed E-state index contributed by atoms with van der Waals surface area (Å²) in [6.07, 6.45) is 4.01. The summed E-state index contributed by atoms with van der Waals surface area (Å²) in [4.78, 5) is 28.7. The average Bonchev–Trinajstić information content (AvgIpc) is 2.62.